The van der Waals surface area contributed by atoms with Crippen LogP contribution in [0.2, 0.25) is 0 Å². The van der Waals surface area contributed by atoms with E-state index in [4.69, 9.17) is 9.47 Å². The van der Waals surface area contributed by atoms with Gasteiger partial charge < -0.3 is 20.1 Å². The van der Waals surface area contributed by atoms with E-state index >= 15 is 0 Å². The van der Waals surface area contributed by atoms with Crippen molar-refractivity contribution in [3.8, 4) is 0 Å². The van der Waals surface area contributed by atoms with Crippen LogP contribution in [-0.4, -0.2) is 55.8 Å². The molecule has 0 aromatic carbocycles. The maximum Gasteiger partial charge on any atom is 0.407 e. The van der Waals surface area contributed by atoms with Crippen LogP contribution in [-0.2, 0) is 9.47 Å². The quantitative estimate of drug-likeness (QED) is 0.534. The van der Waals surface area contributed by atoms with Crippen LogP contribution in [0.5, 0.6) is 0 Å². The Hall–Kier alpha value is -3.21. The molecule has 4 heterocycles. The van der Waals surface area contributed by atoms with E-state index in [-0.39, 0.29) is 12.6 Å². The van der Waals surface area contributed by atoms with Gasteiger partial charge in [-0.1, -0.05) is 6.42 Å². The molecule has 2 fully saturated rings. The lowest BCUT2D eigenvalue weighted by molar-refractivity contribution is 0.0615. The normalized spacial score (nSPS) is 23.4. The fourth-order valence-corrected chi connectivity index (χ4v) is 3.95. The largest absolute Gasteiger partial charge is 0.441 e. The van der Waals surface area contributed by atoms with Crippen LogP contribution in [0.25, 0.3) is 5.52 Å². The first-order chi connectivity index (χ1) is 15.5. The van der Waals surface area contributed by atoms with Gasteiger partial charge >= 0.3 is 6.09 Å². The zero-order valence-corrected chi connectivity index (χ0v) is 17.9. The number of halogens is 1. The zero-order chi connectivity index (χ0) is 22.2. The first-order valence-corrected chi connectivity index (χ1v) is 10.9. The number of hydrogen-bond donors (Lipinski definition) is 3. The predicted molar refractivity (Wildman–Crippen MR) is 114 cm³/mol. The van der Waals surface area contributed by atoms with E-state index in [1.165, 1.54) is 19.3 Å². The topological polar surface area (TPSA) is 118 Å². The first-order valence-electron chi connectivity index (χ1n) is 10.9. The summed E-state index contributed by atoms with van der Waals surface area (Å²) in [4.78, 5) is 16.2. The smallest absolute Gasteiger partial charge is 0.407 e. The van der Waals surface area contributed by atoms with Gasteiger partial charge in [0.2, 0.25) is 0 Å². The number of amides is 1. The number of ether oxygens (including phenoxy) is 2. The molecule has 3 aromatic rings. The summed E-state index contributed by atoms with van der Waals surface area (Å²) < 4.78 is 27.4. The maximum atomic E-state index is 14.9. The van der Waals surface area contributed by atoms with Crippen LogP contribution in [0.3, 0.4) is 0 Å². The van der Waals surface area contributed by atoms with Crippen molar-refractivity contribution >= 4 is 23.2 Å². The summed E-state index contributed by atoms with van der Waals surface area (Å²) in [7, 11) is 0. The number of alkyl halides is 1. The third kappa shape index (κ3) is 3.99. The molecule has 0 spiro atoms. The Balaban J connectivity index is 1.27. The van der Waals surface area contributed by atoms with Gasteiger partial charge in [0.05, 0.1) is 18.0 Å². The van der Waals surface area contributed by atoms with Gasteiger partial charge in [0.15, 0.2) is 23.9 Å². The third-order valence-corrected chi connectivity index (χ3v) is 5.83. The molecular formula is C21H26FN7O3. The van der Waals surface area contributed by atoms with Crippen LogP contribution in [0, 0.1) is 0 Å². The highest BCUT2D eigenvalue weighted by Crippen LogP contribution is 2.37. The molecule has 32 heavy (non-hydrogen) atoms. The van der Waals surface area contributed by atoms with E-state index in [0.29, 0.717) is 23.2 Å². The second kappa shape index (κ2) is 8.38. The number of carbonyl (C=O) groups is 1. The fraction of sp³-hybridized carbons (Fsp3) is 0.524. The second-order valence-corrected chi connectivity index (χ2v) is 8.58. The second-order valence-electron chi connectivity index (χ2n) is 8.58. The Morgan fingerprint density at radius 1 is 1.38 bits per heavy atom. The van der Waals surface area contributed by atoms with E-state index in [9.17, 15) is 9.18 Å². The molecule has 0 radical (unpaired) electrons. The van der Waals surface area contributed by atoms with E-state index in [1.54, 1.807) is 30.6 Å². The lowest BCUT2D eigenvalue weighted by atomic mass is 9.83. The molecule has 0 bridgehead atoms. The molecule has 1 aliphatic carbocycles. The van der Waals surface area contributed by atoms with Gasteiger partial charge in [0.1, 0.15) is 11.6 Å². The molecular weight excluding hydrogens is 417 g/mol. The number of H-pyrrole nitrogens is 1. The zero-order valence-electron chi connectivity index (χ0n) is 17.9. The van der Waals surface area contributed by atoms with Gasteiger partial charge in [0.25, 0.3) is 0 Å². The molecule has 2 aliphatic rings. The lowest BCUT2D eigenvalue weighted by Crippen LogP contribution is -2.36. The van der Waals surface area contributed by atoms with Crippen molar-refractivity contribution in [2.45, 2.75) is 63.4 Å². The molecule has 10 nitrogen and oxygen atoms in total. The summed E-state index contributed by atoms with van der Waals surface area (Å²) in [5, 5.41) is 17.4. The Labute approximate surface area is 183 Å². The molecule has 1 aliphatic heterocycles. The van der Waals surface area contributed by atoms with E-state index in [1.807, 2.05) is 6.20 Å². The van der Waals surface area contributed by atoms with Crippen molar-refractivity contribution in [2.75, 3.05) is 11.9 Å². The summed E-state index contributed by atoms with van der Waals surface area (Å²) in [6.07, 6.45) is 3.00. The van der Waals surface area contributed by atoms with Crippen molar-refractivity contribution in [3.63, 3.8) is 0 Å². The van der Waals surface area contributed by atoms with Crippen molar-refractivity contribution in [1.82, 2.24) is 30.1 Å². The van der Waals surface area contributed by atoms with Gasteiger partial charge in [0, 0.05) is 30.4 Å². The van der Waals surface area contributed by atoms with Gasteiger partial charge in [-0.2, -0.15) is 10.2 Å². The molecule has 5 rings (SSSR count). The molecule has 0 unspecified atom stereocenters. The number of rotatable bonds is 6. The van der Waals surface area contributed by atoms with Crippen molar-refractivity contribution < 1.29 is 18.7 Å². The Morgan fingerprint density at radius 2 is 2.22 bits per heavy atom. The minimum absolute atomic E-state index is 0.0280. The highest BCUT2D eigenvalue weighted by molar-refractivity contribution is 5.72. The minimum atomic E-state index is -1.51. The number of nitrogens with zero attached hydrogens (tertiary/aromatic N) is 4. The highest BCUT2D eigenvalue weighted by atomic mass is 19.1. The SMILES string of the molecule is CC(C)NC(=O)O[C@@H]1CO[C@H](c2cc(Nc3nccn4nc(C5CCC5)cc34)n[nH]2)[C@H]1F. The Bertz CT molecular complexity index is 1110. The van der Waals surface area contributed by atoms with E-state index < -0.39 is 24.5 Å². The Kier molecular flexibility index (Phi) is 5.41. The van der Waals surface area contributed by atoms with Crippen molar-refractivity contribution in [3.05, 3.63) is 35.9 Å². The van der Waals surface area contributed by atoms with Crippen molar-refractivity contribution in [2.24, 2.45) is 0 Å². The summed E-state index contributed by atoms with van der Waals surface area (Å²) in [5.74, 6) is 1.60. The molecule has 1 saturated heterocycles. The molecule has 3 aromatic heterocycles. The molecule has 3 N–H and O–H groups in total. The highest BCUT2D eigenvalue weighted by Gasteiger charge is 2.42. The van der Waals surface area contributed by atoms with E-state index in [0.717, 1.165) is 11.2 Å². The molecule has 11 heteroatoms. The summed E-state index contributed by atoms with van der Waals surface area (Å²) >= 11 is 0. The number of alkyl carbamates (subject to hydrolysis) is 1. The number of carbonyl (C=O) groups excluding carboxylic acids is 1. The standard InChI is InChI=1S/C21H26FN7O3/c1-11(2)24-21(30)32-16-10-31-19(18(16)22)14-9-17(27-26-14)25-20-15-8-13(12-4-3-5-12)28-29(15)7-6-23-20/h6-9,11-12,16,18-19H,3-5,10H2,1-2H3,(H,24,30)(H2,23,25,26,27)/t16-,18+,19-/m1/s1. The fourth-order valence-electron chi connectivity index (χ4n) is 3.95. The van der Waals surface area contributed by atoms with Gasteiger partial charge in [-0.15, -0.1) is 0 Å². The van der Waals surface area contributed by atoms with Gasteiger partial charge in [-0.05, 0) is 32.8 Å². The third-order valence-electron chi connectivity index (χ3n) is 5.83. The minimum Gasteiger partial charge on any atom is -0.441 e. The van der Waals surface area contributed by atoms with Crippen LogP contribution < -0.4 is 10.6 Å². The summed E-state index contributed by atoms with van der Waals surface area (Å²) in [6.45, 7) is 3.57. The van der Waals surface area contributed by atoms with Crippen LogP contribution >= 0.6 is 0 Å². The van der Waals surface area contributed by atoms with Crippen LogP contribution in [0.1, 0.15) is 56.5 Å². The van der Waals surface area contributed by atoms with Crippen molar-refractivity contribution in [1.29, 1.82) is 0 Å². The van der Waals surface area contributed by atoms with Crippen LogP contribution in [0.4, 0.5) is 20.8 Å². The number of fused-ring (bicyclic) bond motifs is 1. The molecule has 3 atom stereocenters. The average molecular weight is 443 g/mol. The van der Waals surface area contributed by atoms with Gasteiger partial charge in [-0.3, -0.25) is 5.10 Å². The maximum absolute atomic E-state index is 14.9. The summed E-state index contributed by atoms with van der Waals surface area (Å²) in [6, 6.07) is 3.62. The molecule has 170 valence electrons. The summed E-state index contributed by atoms with van der Waals surface area (Å²) in [5.41, 5.74) is 2.37. The number of hydrogen-bond acceptors (Lipinski definition) is 7. The monoisotopic (exact) mass is 443 g/mol. The Morgan fingerprint density at radius 3 is 2.97 bits per heavy atom. The lowest BCUT2D eigenvalue weighted by Gasteiger charge is -2.22. The molecule has 1 saturated carbocycles. The first kappa shape index (κ1) is 20.7. The average Bonchev–Trinajstić information content (AvgIpc) is 3.40. The number of nitrogens with one attached hydrogen (secondary N) is 3. The van der Waals surface area contributed by atoms with Gasteiger partial charge in [-0.25, -0.2) is 18.7 Å². The predicted octanol–water partition coefficient (Wildman–Crippen LogP) is 3.38. The number of aromatic amines is 1. The number of anilines is 2. The molecule has 1 amide bonds. The van der Waals surface area contributed by atoms with E-state index in [2.05, 4.69) is 37.0 Å². The van der Waals surface area contributed by atoms with Crippen LogP contribution in [0.15, 0.2) is 24.5 Å². The number of aromatic nitrogens is 5.